The molecular weight excluding hydrogens is 288 g/mol. The first-order valence-corrected chi connectivity index (χ1v) is 6.31. The van der Waals surface area contributed by atoms with Gasteiger partial charge in [-0.25, -0.2) is 9.97 Å². The number of nitrogens with zero attached hydrogens (tertiary/aromatic N) is 3. The van der Waals surface area contributed by atoms with Gasteiger partial charge in [-0.3, -0.25) is 0 Å². The second kappa shape index (κ2) is 4.83. The lowest BCUT2D eigenvalue weighted by Gasteiger charge is -2.17. The van der Waals surface area contributed by atoms with Gasteiger partial charge in [-0.05, 0) is 0 Å². The van der Waals surface area contributed by atoms with Gasteiger partial charge in [0.25, 0.3) is 0 Å². The Kier molecular flexibility index (Phi) is 3.27. The van der Waals surface area contributed by atoms with Gasteiger partial charge >= 0.3 is 0 Å². The van der Waals surface area contributed by atoms with Crippen LogP contribution < -0.4 is 5.73 Å². The molecule has 0 spiro atoms. The van der Waals surface area contributed by atoms with Crippen molar-refractivity contribution in [1.29, 1.82) is 0 Å². The summed E-state index contributed by atoms with van der Waals surface area (Å²) in [7, 11) is 0. The van der Waals surface area contributed by atoms with Crippen LogP contribution >= 0.6 is 11.6 Å². The predicted molar refractivity (Wildman–Crippen MR) is 70.0 cm³/mol. The molecule has 8 nitrogen and oxygen atoms in total. The molecule has 5 N–H and O–H groups in total. The number of anilines is 1. The van der Waals surface area contributed by atoms with Crippen molar-refractivity contribution in [2.75, 3.05) is 12.3 Å². The number of nitrogen functional groups attached to an aromatic ring is 1. The number of aliphatic hydroxyl groups excluding tert-OH is 3. The fraction of sp³-hybridized carbons (Fsp3) is 0.455. The van der Waals surface area contributed by atoms with Crippen LogP contribution in [0.4, 0.5) is 5.82 Å². The number of hydrogen-bond donors (Lipinski definition) is 4. The number of nitrogens with two attached hydrogens (primary N) is 1. The lowest BCUT2D eigenvalue weighted by Crippen LogP contribution is -2.33. The zero-order valence-electron chi connectivity index (χ0n) is 10.2. The lowest BCUT2D eigenvalue weighted by atomic mass is 10.1. The maximum atomic E-state index is 10.0. The third-order valence-corrected chi connectivity index (χ3v) is 3.67. The maximum Gasteiger partial charge on any atom is 0.164 e. The summed E-state index contributed by atoms with van der Waals surface area (Å²) in [4.78, 5) is 7.92. The summed E-state index contributed by atoms with van der Waals surface area (Å²) in [6.07, 6.45) is -1.42. The Balaban J connectivity index is 2.10. The Morgan fingerprint density at radius 3 is 2.75 bits per heavy atom. The maximum absolute atomic E-state index is 10.0. The van der Waals surface area contributed by atoms with Gasteiger partial charge in [-0.1, -0.05) is 11.6 Å². The zero-order valence-corrected chi connectivity index (χ0v) is 11.0. The normalized spacial score (nSPS) is 30.2. The SMILES string of the molecule is Nc1ncnc2c1c(Cl)cn2[C@H]1O[C@@H](CO)[C@@H](O)[C@H]1O. The monoisotopic (exact) mass is 300 g/mol. The average molecular weight is 301 g/mol. The van der Waals surface area contributed by atoms with Gasteiger partial charge in [0, 0.05) is 6.20 Å². The van der Waals surface area contributed by atoms with Gasteiger partial charge in [-0.2, -0.15) is 0 Å². The highest BCUT2D eigenvalue weighted by molar-refractivity contribution is 6.36. The molecule has 9 heteroatoms. The van der Waals surface area contributed by atoms with Gasteiger partial charge in [0.1, 0.15) is 36.1 Å². The van der Waals surface area contributed by atoms with Crippen molar-refractivity contribution in [1.82, 2.24) is 14.5 Å². The molecule has 3 heterocycles. The topological polar surface area (TPSA) is 127 Å². The fourth-order valence-electron chi connectivity index (χ4n) is 2.37. The van der Waals surface area contributed by atoms with E-state index in [9.17, 15) is 10.2 Å². The van der Waals surface area contributed by atoms with Crippen LogP contribution in [-0.2, 0) is 4.74 Å². The first-order chi connectivity index (χ1) is 9.54. The molecule has 0 amide bonds. The second-order valence-corrected chi connectivity index (χ2v) is 4.98. The smallest absolute Gasteiger partial charge is 0.164 e. The zero-order chi connectivity index (χ0) is 14.4. The summed E-state index contributed by atoms with van der Waals surface area (Å²) >= 11 is 6.09. The number of aromatic nitrogens is 3. The molecule has 0 saturated carbocycles. The second-order valence-electron chi connectivity index (χ2n) is 4.57. The lowest BCUT2D eigenvalue weighted by molar-refractivity contribution is -0.0508. The Morgan fingerprint density at radius 1 is 1.35 bits per heavy atom. The highest BCUT2D eigenvalue weighted by Crippen LogP contribution is 2.35. The highest BCUT2D eigenvalue weighted by atomic mass is 35.5. The summed E-state index contributed by atoms with van der Waals surface area (Å²) in [6, 6.07) is 0. The molecule has 0 aliphatic carbocycles. The number of fused-ring (bicyclic) bond motifs is 1. The summed E-state index contributed by atoms with van der Waals surface area (Å²) < 4.78 is 6.91. The van der Waals surface area contributed by atoms with E-state index in [1.165, 1.54) is 17.1 Å². The number of aliphatic hydroxyl groups is 3. The van der Waals surface area contributed by atoms with Crippen LogP contribution in [0.25, 0.3) is 11.0 Å². The average Bonchev–Trinajstić information content (AvgIpc) is 2.90. The Morgan fingerprint density at radius 2 is 2.10 bits per heavy atom. The fourth-order valence-corrected chi connectivity index (χ4v) is 2.65. The summed E-state index contributed by atoms with van der Waals surface area (Å²) in [5.41, 5.74) is 6.13. The van der Waals surface area contributed by atoms with Crippen molar-refractivity contribution in [3.8, 4) is 0 Å². The Labute approximate surface area is 118 Å². The Bertz CT molecular complexity index is 649. The molecule has 3 rings (SSSR count). The standard InChI is InChI=1S/C11H13ClN4O4/c12-4-1-16(10-6(4)9(13)14-3-15-10)11-8(19)7(18)5(2-17)20-11/h1,3,5,7-8,11,17-19H,2H2,(H2,13,14,15)/t5-,7+,8+,11-/m0/s1. The molecule has 20 heavy (non-hydrogen) atoms. The molecule has 1 aliphatic rings. The van der Waals surface area contributed by atoms with Crippen LogP contribution in [0.15, 0.2) is 12.5 Å². The first kappa shape index (κ1) is 13.5. The number of rotatable bonds is 2. The minimum absolute atomic E-state index is 0.213. The molecule has 1 aliphatic heterocycles. The van der Waals surface area contributed by atoms with Gasteiger partial charge in [0.2, 0.25) is 0 Å². The molecule has 0 unspecified atom stereocenters. The predicted octanol–water partition coefficient (Wildman–Crippen LogP) is -0.722. The van der Waals surface area contributed by atoms with Gasteiger partial charge < -0.3 is 30.4 Å². The van der Waals surface area contributed by atoms with Crippen molar-refractivity contribution in [3.63, 3.8) is 0 Å². The van der Waals surface area contributed by atoms with Gasteiger partial charge in [0.15, 0.2) is 6.23 Å². The van der Waals surface area contributed by atoms with Crippen LogP contribution in [0.1, 0.15) is 6.23 Å². The third-order valence-electron chi connectivity index (χ3n) is 3.38. The summed E-state index contributed by atoms with van der Waals surface area (Å²) in [5, 5.41) is 29.7. The highest BCUT2D eigenvalue weighted by Gasteiger charge is 2.44. The van der Waals surface area contributed by atoms with E-state index in [-0.39, 0.29) is 5.82 Å². The van der Waals surface area contributed by atoms with E-state index in [0.717, 1.165) is 0 Å². The van der Waals surface area contributed by atoms with Gasteiger partial charge in [-0.15, -0.1) is 0 Å². The molecule has 0 bridgehead atoms. The molecule has 4 atom stereocenters. The van der Waals surface area contributed by atoms with Crippen molar-refractivity contribution >= 4 is 28.5 Å². The van der Waals surface area contributed by atoms with Gasteiger partial charge in [0.05, 0.1) is 17.0 Å². The minimum Gasteiger partial charge on any atom is -0.394 e. The van der Waals surface area contributed by atoms with Crippen molar-refractivity contribution < 1.29 is 20.1 Å². The van der Waals surface area contributed by atoms with E-state index in [1.807, 2.05) is 0 Å². The van der Waals surface area contributed by atoms with Crippen LogP contribution in [-0.4, -0.2) is 54.8 Å². The van der Waals surface area contributed by atoms with E-state index in [1.54, 1.807) is 0 Å². The van der Waals surface area contributed by atoms with Crippen molar-refractivity contribution in [2.24, 2.45) is 0 Å². The largest absolute Gasteiger partial charge is 0.394 e. The molecule has 1 saturated heterocycles. The summed E-state index contributed by atoms with van der Waals surface area (Å²) in [5.74, 6) is 0.213. The minimum atomic E-state index is -1.21. The number of hydrogen-bond acceptors (Lipinski definition) is 7. The molecular formula is C11H13ClN4O4. The van der Waals surface area contributed by atoms with Crippen LogP contribution in [0.3, 0.4) is 0 Å². The molecule has 1 fully saturated rings. The van der Waals surface area contributed by atoms with Crippen molar-refractivity contribution in [2.45, 2.75) is 24.5 Å². The van der Waals surface area contributed by atoms with Crippen LogP contribution in [0, 0.1) is 0 Å². The molecule has 0 radical (unpaired) electrons. The van der Waals surface area contributed by atoms with Crippen molar-refractivity contribution in [3.05, 3.63) is 17.5 Å². The molecule has 0 aromatic carbocycles. The van der Waals surface area contributed by atoms with Crippen LogP contribution in [0.2, 0.25) is 5.02 Å². The number of halogens is 1. The molecule has 2 aromatic heterocycles. The third kappa shape index (κ3) is 1.85. The number of ether oxygens (including phenoxy) is 1. The molecule has 2 aromatic rings. The van der Waals surface area contributed by atoms with Crippen LogP contribution in [0.5, 0.6) is 0 Å². The summed E-state index contributed by atoms with van der Waals surface area (Å²) in [6.45, 7) is -0.404. The molecule has 108 valence electrons. The Hall–Kier alpha value is -1.45. The quantitative estimate of drug-likeness (QED) is 0.576. The van der Waals surface area contributed by atoms with E-state index < -0.39 is 31.1 Å². The van der Waals surface area contributed by atoms with E-state index in [0.29, 0.717) is 16.1 Å². The van der Waals surface area contributed by atoms with E-state index in [2.05, 4.69) is 9.97 Å². The first-order valence-electron chi connectivity index (χ1n) is 5.93. The van der Waals surface area contributed by atoms with E-state index >= 15 is 0 Å². The van der Waals surface area contributed by atoms with E-state index in [4.69, 9.17) is 27.2 Å².